The number of allylic oxidation sites excluding steroid dienone is 1. The number of carbonyl (C=O) groups is 1. The number of amides is 1. The van der Waals surface area contributed by atoms with Gasteiger partial charge in [0.05, 0.1) is 29.0 Å². The minimum absolute atomic E-state index is 0.197. The Kier molecular flexibility index (Phi) is 6.42. The van der Waals surface area contributed by atoms with Gasteiger partial charge in [0.2, 0.25) is 0 Å². The van der Waals surface area contributed by atoms with Gasteiger partial charge in [0, 0.05) is 5.69 Å². The summed E-state index contributed by atoms with van der Waals surface area (Å²) in [5.74, 6) is 0.335. The van der Waals surface area contributed by atoms with E-state index in [0.29, 0.717) is 32.0 Å². The Hall–Kier alpha value is -4.75. The van der Waals surface area contributed by atoms with Gasteiger partial charge in [0.1, 0.15) is 5.75 Å². The maximum atomic E-state index is 14.0. The highest BCUT2D eigenvalue weighted by Crippen LogP contribution is 2.32. The second-order valence-electron chi connectivity index (χ2n) is 9.25. The van der Waals surface area contributed by atoms with Gasteiger partial charge in [-0.25, -0.2) is 4.99 Å². The molecule has 0 unspecified atom stereocenters. The summed E-state index contributed by atoms with van der Waals surface area (Å²) in [5, 5.41) is 5.14. The summed E-state index contributed by atoms with van der Waals surface area (Å²) in [6.45, 7) is 1.81. The third-order valence-electron chi connectivity index (χ3n) is 6.82. The highest BCUT2D eigenvalue weighted by Gasteiger charge is 2.32. The zero-order valence-corrected chi connectivity index (χ0v) is 22.2. The number of methoxy groups -OCH3 is 1. The quantitative estimate of drug-likeness (QED) is 0.346. The molecule has 1 aliphatic heterocycles. The number of nitrogens with zero attached hydrogens (tertiary/aromatic N) is 2. The Bertz CT molecular complexity index is 1930. The summed E-state index contributed by atoms with van der Waals surface area (Å²) in [5.41, 5.74) is 3.16. The molecule has 0 spiro atoms. The number of hydrogen-bond acceptors (Lipinski definition) is 5. The van der Waals surface area contributed by atoms with Crippen LogP contribution in [0.25, 0.3) is 16.8 Å². The van der Waals surface area contributed by atoms with E-state index in [-0.39, 0.29) is 11.5 Å². The lowest BCUT2D eigenvalue weighted by Crippen LogP contribution is -2.40. The average molecular weight is 532 g/mol. The van der Waals surface area contributed by atoms with Crippen LogP contribution in [0.1, 0.15) is 24.1 Å². The van der Waals surface area contributed by atoms with E-state index >= 15 is 0 Å². The molecule has 1 aliphatic rings. The number of benzene rings is 4. The van der Waals surface area contributed by atoms with E-state index in [9.17, 15) is 9.59 Å². The van der Waals surface area contributed by atoms with Crippen molar-refractivity contribution in [2.24, 2.45) is 4.99 Å². The zero-order chi connectivity index (χ0) is 26.9. The van der Waals surface area contributed by atoms with Crippen molar-refractivity contribution in [1.82, 2.24) is 4.57 Å². The summed E-state index contributed by atoms with van der Waals surface area (Å²) < 4.78 is 7.66. The predicted octanol–water partition coefficient (Wildman–Crippen LogP) is 5.04. The van der Waals surface area contributed by atoms with Crippen molar-refractivity contribution < 1.29 is 9.53 Å². The predicted molar refractivity (Wildman–Crippen MR) is 156 cm³/mol. The zero-order valence-electron chi connectivity index (χ0n) is 21.4. The number of nitrogens with one attached hydrogen (secondary N) is 1. The lowest BCUT2D eigenvalue weighted by Gasteiger charge is -2.25. The van der Waals surface area contributed by atoms with Crippen molar-refractivity contribution in [2.75, 3.05) is 12.4 Å². The molecular formula is C32H25N3O3S. The number of hydrogen-bond donors (Lipinski definition) is 1. The van der Waals surface area contributed by atoms with Gasteiger partial charge >= 0.3 is 0 Å². The van der Waals surface area contributed by atoms with Gasteiger partial charge in [0.15, 0.2) is 4.80 Å². The van der Waals surface area contributed by atoms with Crippen LogP contribution in [-0.2, 0) is 4.79 Å². The topological polar surface area (TPSA) is 72.7 Å². The normalized spacial score (nSPS) is 15.1. The highest BCUT2D eigenvalue weighted by atomic mass is 32.1. The van der Waals surface area contributed by atoms with Gasteiger partial charge in [-0.15, -0.1) is 0 Å². The monoisotopic (exact) mass is 531 g/mol. The van der Waals surface area contributed by atoms with Crippen LogP contribution in [0, 0.1) is 0 Å². The van der Waals surface area contributed by atoms with Crippen molar-refractivity contribution in [3.05, 3.63) is 139 Å². The van der Waals surface area contributed by atoms with Crippen LogP contribution in [0.15, 0.2) is 118 Å². The van der Waals surface area contributed by atoms with E-state index in [4.69, 9.17) is 9.73 Å². The first-order chi connectivity index (χ1) is 19.0. The van der Waals surface area contributed by atoms with E-state index < -0.39 is 6.04 Å². The number of aromatic nitrogens is 1. The third kappa shape index (κ3) is 4.57. The number of ether oxygens (including phenoxy) is 1. The Morgan fingerprint density at radius 1 is 0.974 bits per heavy atom. The van der Waals surface area contributed by atoms with Crippen LogP contribution in [-0.4, -0.2) is 17.6 Å². The van der Waals surface area contributed by atoms with Gasteiger partial charge in [0.25, 0.3) is 11.5 Å². The van der Waals surface area contributed by atoms with Crippen LogP contribution >= 0.6 is 11.3 Å². The molecular weight excluding hydrogens is 506 g/mol. The molecule has 4 aromatic carbocycles. The van der Waals surface area contributed by atoms with Crippen molar-refractivity contribution in [3.8, 4) is 5.75 Å². The van der Waals surface area contributed by atoms with Gasteiger partial charge in [-0.1, -0.05) is 84.1 Å². The van der Waals surface area contributed by atoms with Gasteiger partial charge in [-0.2, -0.15) is 0 Å². The highest BCUT2D eigenvalue weighted by molar-refractivity contribution is 7.07. The molecule has 0 fully saturated rings. The molecule has 0 saturated heterocycles. The number of carbonyl (C=O) groups excluding carboxylic acids is 1. The van der Waals surface area contributed by atoms with Crippen molar-refractivity contribution in [1.29, 1.82) is 0 Å². The fraction of sp³-hybridized carbons (Fsp3) is 0.0938. The molecule has 5 aromatic rings. The molecule has 6 rings (SSSR count). The maximum Gasteiger partial charge on any atom is 0.271 e. The first-order valence-electron chi connectivity index (χ1n) is 12.5. The summed E-state index contributed by atoms with van der Waals surface area (Å²) >= 11 is 1.33. The third-order valence-corrected chi connectivity index (χ3v) is 7.80. The SMILES string of the molecule is COc1cccc([C@H]2C(C(=O)Nc3ccccc3)=C(C)N=c3sc(=Cc4cccc5ccccc45)c(=O)n32)c1. The second kappa shape index (κ2) is 10.2. The molecule has 6 nitrogen and oxygen atoms in total. The fourth-order valence-corrected chi connectivity index (χ4v) is 6.01. The van der Waals surface area contributed by atoms with Crippen molar-refractivity contribution >= 4 is 39.8 Å². The molecule has 2 heterocycles. The second-order valence-corrected chi connectivity index (χ2v) is 10.3. The number of thiazole rings is 1. The lowest BCUT2D eigenvalue weighted by atomic mass is 9.95. The maximum absolute atomic E-state index is 14.0. The number of anilines is 1. The molecule has 0 bridgehead atoms. The molecule has 0 saturated carbocycles. The lowest BCUT2D eigenvalue weighted by molar-refractivity contribution is -0.113. The van der Waals surface area contributed by atoms with Crippen LogP contribution in [0.4, 0.5) is 5.69 Å². The molecule has 0 radical (unpaired) electrons. The van der Waals surface area contributed by atoms with E-state index in [1.165, 1.54) is 11.3 Å². The number of para-hydroxylation sites is 1. The molecule has 1 aromatic heterocycles. The van der Waals surface area contributed by atoms with E-state index in [2.05, 4.69) is 17.4 Å². The Labute approximate surface area is 228 Å². The molecule has 1 N–H and O–H groups in total. The standard InChI is InChI=1S/C32H25N3O3S/c1-20-28(30(36)34-24-14-4-3-5-15-24)29(23-13-9-16-25(18-23)38-2)35-31(37)27(39-32(35)33-20)19-22-12-8-11-21-10-6-7-17-26(21)22/h3-19,29H,1-2H3,(H,34,36)/t29-/m0/s1. The van der Waals surface area contributed by atoms with Crippen molar-refractivity contribution in [3.63, 3.8) is 0 Å². The summed E-state index contributed by atoms with van der Waals surface area (Å²) in [4.78, 5) is 33.0. The Balaban J connectivity index is 1.54. The molecule has 192 valence electrons. The fourth-order valence-electron chi connectivity index (χ4n) is 4.98. The van der Waals surface area contributed by atoms with Crippen LogP contribution in [0.3, 0.4) is 0 Å². The Morgan fingerprint density at radius 3 is 2.54 bits per heavy atom. The van der Waals surface area contributed by atoms with Crippen molar-refractivity contribution in [2.45, 2.75) is 13.0 Å². The smallest absolute Gasteiger partial charge is 0.271 e. The van der Waals surface area contributed by atoms with Gasteiger partial charge in [-0.05, 0) is 59.2 Å². The number of fused-ring (bicyclic) bond motifs is 2. The summed E-state index contributed by atoms with van der Waals surface area (Å²) in [6.07, 6.45) is 1.91. The van der Waals surface area contributed by atoms with Gasteiger partial charge < -0.3 is 10.1 Å². The first kappa shape index (κ1) is 24.6. The summed E-state index contributed by atoms with van der Waals surface area (Å²) in [6, 6.07) is 30.2. The molecule has 0 aliphatic carbocycles. The minimum Gasteiger partial charge on any atom is -0.497 e. The molecule has 1 atom stereocenters. The first-order valence-corrected chi connectivity index (χ1v) is 13.4. The summed E-state index contributed by atoms with van der Waals surface area (Å²) in [7, 11) is 1.60. The molecule has 7 heteroatoms. The van der Waals surface area contributed by atoms with E-state index in [1.54, 1.807) is 11.7 Å². The van der Waals surface area contributed by atoms with Crippen LogP contribution < -0.4 is 24.9 Å². The molecule has 1 amide bonds. The average Bonchev–Trinajstić information content (AvgIpc) is 3.27. The Morgan fingerprint density at radius 2 is 1.72 bits per heavy atom. The minimum atomic E-state index is -0.672. The van der Waals surface area contributed by atoms with E-state index in [0.717, 1.165) is 21.9 Å². The van der Waals surface area contributed by atoms with Gasteiger partial charge in [-0.3, -0.25) is 14.2 Å². The van der Waals surface area contributed by atoms with Crippen LogP contribution in [0.2, 0.25) is 0 Å². The van der Waals surface area contributed by atoms with Crippen LogP contribution in [0.5, 0.6) is 5.75 Å². The molecule has 39 heavy (non-hydrogen) atoms. The largest absolute Gasteiger partial charge is 0.497 e. The van der Waals surface area contributed by atoms with E-state index in [1.807, 2.05) is 97.9 Å². The number of rotatable bonds is 5.